The van der Waals surface area contributed by atoms with E-state index >= 15 is 0 Å². The first kappa shape index (κ1) is 16.5. The molecule has 1 atom stereocenters. The van der Waals surface area contributed by atoms with E-state index in [1.54, 1.807) is 24.0 Å². The molecular formula is C16H21N5O2. The molecule has 1 aromatic carbocycles. The van der Waals surface area contributed by atoms with Crippen LogP contribution in [0.5, 0.6) is 0 Å². The number of benzene rings is 1. The van der Waals surface area contributed by atoms with Crippen LogP contribution in [-0.4, -0.2) is 27.8 Å². The number of carbonyl (C=O) groups is 2. The Balaban J connectivity index is 1.77. The van der Waals surface area contributed by atoms with Crippen LogP contribution in [0.3, 0.4) is 0 Å². The molecule has 1 aromatic heterocycles. The van der Waals surface area contributed by atoms with Crippen LogP contribution in [0.15, 0.2) is 42.7 Å². The molecule has 2 rings (SSSR count). The SMILES string of the molecule is CCn1cc(NC(=O)N[C@H](C)C(=O)NCc2ccccc2)cn1. The lowest BCUT2D eigenvalue weighted by molar-refractivity contribution is -0.122. The van der Waals surface area contributed by atoms with E-state index in [1.807, 2.05) is 37.3 Å². The Morgan fingerprint density at radius 2 is 2.00 bits per heavy atom. The van der Waals surface area contributed by atoms with Crippen LogP contribution in [0.25, 0.3) is 0 Å². The highest BCUT2D eigenvalue weighted by Gasteiger charge is 2.15. The minimum absolute atomic E-state index is 0.242. The van der Waals surface area contributed by atoms with E-state index in [1.165, 1.54) is 0 Å². The molecule has 0 bridgehead atoms. The van der Waals surface area contributed by atoms with Gasteiger partial charge in [-0.3, -0.25) is 9.48 Å². The van der Waals surface area contributed by atoms with Gasteiger partial charge < -0.3 is 16.0 Å². The van der Waals surface area contributed by atoms with E-state index in [9.17, 15) is 9.59 Å². The summed E-state index contributed by atoms with van der Waals surface area (Å²) in [5.74, 6) is -0.242. The molecule has 0 aliphatic heterocycles. The van der Waals surface area contributed by atoms with Crippen LogP contribution in [0.1, 0.15) is 19.4 Å². The summed E-state index contributed by atoms with van der Waals surface area (Å²) in [6, 6.07) is 8.51. The number of anilines is 1. The van der Waals surface area contributed by atoms with Crippen molar-refractivity contribution in [3.05, 3.63) is 48.3 Å². The maximum atomic E-state index is 12.0. The van der Waals surface area contributed by atoms with Crippen molar-refractivity contribution in [2.45, 2.75) is 33.0 Å². The monoisotopic (exact) mass is 315 g/mol. The average Bonchev–Trinajstić information content (AvgIpc) is 3.00. The summed E-state index contributed by atoms with van der Waals surface area (Å²) in [5, 5.41) is 12.1. The smallest absolute Gasteiger partial charge is 0.319 e. The summed E-state index contributed by atoms with van der Waals surface area (Å²) in [6.45, 7) is 4.74. The summed E-state index contributed by atoms with van der Waals surface area (Å²) < 4.78 is 1.70. The Labute approximate surface area is 135 Å². The van der Waals surface area contributed by atoms with Crippen LogP contribution in [-0.2, 0) is 17.9 Å². The van der Waals surface area contributed by atoms with Crippen molar-refractivity contribution in [3.8, 4) is 0 Å². The maximum Gasteiger partial charge on any atom is 0.319 e. The van der Waals surface area contributed by atoms with Crippen LogP contribution >= 0.6 is 0 Å². The van der Waals surface area contributed by atoms with Gasteiger partial charge in [0.2, 0.25) is 5.91 Å². The zero-order valence-electron chi connectivity index (χ0n) is 13.2. The molecule has 0 spiro atoms. The number of carbonyl (C=O) groups excluding carboxylic acids is 2. The molecule has 0 saturated carbocycles. The molecule has 2 aromatic rings. The fourth-order valence-corrected chi connectivity index (χ4v) is 1.97. The van der Waals surface area contributed by atoms with Crippen molar-refractivity contribution in [3.63, 3.8) is 0 Å². The van der Waals surface area contributed by atoms with Crippen LogP contribution in [0, 0.1) is 0 Å². The normalized spacial score (nSPS) is 11.6. The predicted molar refractivity (Wildman–Crippen MR) is 87.8 cm³/mol. The zero-order valence-corrected chi connectivity index (χ0v) is 13.2. The number of amides is 3. The van der Waals surface area contributed by atoms with E-state index in [2.05, 4.69) is 21.0 Å². The molecule has 0 radical (unpaired) electrons. The molecule has 0 fully saturated rings. The topological polar surface area (TPSA) is 88.0 Å². The third kappa shape index (κ3) is 5.14. The van der Waals surface area contributed by atoms with Crippen molar-refractivity contribution in [1.82, 2.24) is 20.4 Å². The fraction of sp³-hybridized carbons (Fsp3) is 0.312. The van der Waals surface area contributed by atoms with Crippen molar-refractivity contribution in [2.24, 2.45) is 0 Å². The highest BCUT2D eigenvalue weighted by Crippen LogP contribution is 2.04. The van der Waals surface area contributed by atoms with E-state index in [4.69, 9.17) is 0 Å². The minimum Gasteiger partial charge on any atom is -0.350 e. The molecule has 23 heavy (non-hydrogen) atoms. The number of hydrogen-bond acceptors (Lipinski definition) is 3. The number of rotatable bonds is 6. The predicted octanol–water partition coefficient (Wildman–Crippen LogP) is 1.73. The average molecular weight is 315 g/mol. The number of aryl methyl sites for hydroxylation is 1. The molecule has 0 unspecified atom stereocenters. The van der Waals surface area contributed by atoms with Gasteiger partial charge in [0.1, 0.15) is 6.04 Å². The second kappa shape index (κ2) is 7.98. The van der Waals surface area contributed by atoms with Crippen LogP contribution < -0.4 is 16.0 Å². The standard InChI is InChI=1S/C16H21N5O2/c1-3-21-11-14(10-18-21)20-16(23)19-12(2)15(22)17-9-13-7-5-4-6-8-13/h4-8,10-12H,3,9H2,1-2H3,(H,17,22)(H2,19,20,23)/t12-/m1/s1. The summed E-state index contributed by atoms with van der Waals surface area (Å²) in [5.41, 5.74) is 1.59. The lowest BCUT2D eigenvalue weighted by Gasteiger charge is -2.14. The van der Waals surface area contributed by atoms with Gasteiger partial charge in [-0.2, -0.15) is 5.10 Å². The van der Waals surface area contributed by atoms with Crippen molar-refractivity contribution >= 4 is 17.6 Å². The quantitative estimate of drug-likeness (QED) is 0.758. The molecule has 122 valence electrons. The van der Waals surface area contributed by atoms with E-state index in [0.29, 0.717) is 12.2 Å². The summed E-state index contributed by atoms with van der Waals surface area (Å²) >= 11 is 0. The molecule has 1 heterocycles. The first-order valence-electron chi connectivity index (χ1n) is 7.50. The molecule has 0 aliphatic rings. The van der Waals surface area contributed by atoms with Crippen molar-refractivity contribution < 1.29 is 9.59 Å². The van der Waals surface area contributed by atoms with Crippen molar-refractivity contribution in [1.29, 1.82) is 0 Å². The van der Waals surface area contributed by atoms with Gasteiger partial charge in [-0.25, -0.2) is 4.79 Å². The van der Waals surface area contributed by atoms with Gasteiger partial charge in [0.15, 0.2) is 0 Å². The van der Waals surface area contributed by atoms with E-state index < -0.39 is 12.1 Å². The zero-order chi connectivity index (χ0) is 16.7. The maximum absolute atomic E-state index is 12.0. The minimum atomic E-state index is -0.639. The number of urea groups is 1. The third-order valence-corrected chi connectivity index (χ3v) is 3.27. The number of hydrogen-bond donors (Lipinski definition) is 3. The molecular weight excluding hydrogens is 294 g/mol. The Hall–Kier alpha value is -2.83. The van der Waals surface area contributed by atoms with Gasteiger partial charge >= 0.3 is 6.03 Å². The third-order valence-electron chi connectivity index (χ3n) is 3.27. The lowest BCUT2D eigenvalue weighted by Crippen LogP contribution is -2.46. The Bertz CT molecular complexity index is 654. The van der Waals surface area contributed by atoms with Gasteiger partial charge in [-0.15, -0.1) is 0 Å². The van der Waals surface area contributed by atoms with E-state index in [0.717, 1.165) is 12.1 Å². The highest BCUT2D eigenvalue weighted by atomic mass is 16.2. The largest absolute Gasteiger partial charge is 0.350 e. The summed E-state index contributed by atoms with van der Waals surface area (Å²) in [7, 11) is 0. The first-order chi connectivity index (χ1) is 11.1. The van der Waals surface area contributed by atoms with Gasteiger partial charge in [0, 0.05) is 19.3 Å². The van der Waals surface area contributed by atoms with Crippen LogP contribution in [0.4, 0.5) is 10.5 Å². The van der Waals surface area contributed by atoms with Gasteiger partial charge in [-0.1, -0.05) is 30.3 Å². The van der Waals surface area contributed by atoms with Gasteiger partial charge in [-0.05, 0) is 19.4 Å². The second-order valence-electron chi connectivity index (χ2n) is 5.11. The van der Waals surface area contributed by atoms with Gasteiger partial charge in [0.05, 0.1) is 11.9 Å². The van der Waals surface area contributed by atoms with Crippen LogP contribution in [0.2, 0.25) is 0 Å². The first-order valence-corrected chi connectivity index (χ1v) is 7.50. The molecule has 3 amide bonds. The highest BCUT2D eigenvalue weighted by molar-refractivity contribution is 5.93. The summed E-state index contributed by atoms with van der Waals surface area (Å²) in [6.07, 6.45) is 3.28. The molecule has 3 N–H and O–H groups in total. The lowest BCUT2D eigenvalue weighted by atomic mass is 10.2. The Kier molecular flexibility index (Phi) is 5.74. The molecule has 7 nitrogen and oxygen atoms in total. The van der Waals surface area contributed by atoms with Crippen molar-refractivity contribution in [2.75, 3.05) is 5.32 Å². The summed E-state index contributed by atoms with van der Waals surface area (Å²) in [4.78, 5) is 23.8. The second-order valence-corrected chi connectivity index (χ2v) is 5.11. The fourth-order valence-electron chi connectivity index (χ4n) is 1.97. The number of nitrogens with one attached hydrogen (secondary N) is 3. The number of nitrogens with zero attached hydrogens (tertiary/aromatic N) is 2. The van der Waals surface area contributed by atoms with E-state index in [-0.39, 0.29) is 5.91 Å². The molecule has 0 aliphatic carbocycles. The van der Waals surface area contributed by atoms with Gasteiger partial charge in [0.25, 0.3) is 0 Å². The Morgan fingerprint density at radius 3 is 2.65 bits per heavy atom. The molecule has 0 saturated heterocycles. The molecule has 7 heteroatoms. The Morgan fingerprint density at radius 1 is 1.26 bits per heavy atom. The number of aromatic nitrogens is 2.